The molecule has 1 rings (SSSR count). The van der Waals surface area contributed by atoms with Crippen LogP contribution < -0.4 is 0 Å². The van der Waals surface area contributed by atoms with Crippen LogP contribution in [-0.2, 0) is 14.3 Å². The summed E-state index contributed by atoms with van der Waals surface area (Å²) in [6.07, 6.45) is 1.72. The van der Waals surface area contributed by atoms with E-state index in [4.69, 9.17) is 4.74 Å². The second kappa shape index (κ2) is 7.28. The Morgan fingerprint density at radius 3 is 2.85 bits per heavy atom. The van der Waals surface area contributed by atoms with E-state index in [1.54, 1.807) is 25.2 Å². The number of carbonyl (C=O) groups excluding carboxylic acids is 1. The maximum absolute atomic E-state index is 11.0. The van der Waals surface area contributed by atoms with Gasteiger partial charge in [-0.2, -0.15) is 0 Å². The Balaban J connectivity index is 2.67. The third-order valence-electron chi connectivity index (χ3n) is 2.54. The zero-order valence-corrected chi connectivity index (χ0v) is 12.2. The molecule has 0 unspecified atom stereocenters. The van der Waals surface area contributed by atoms with Crippen molar-refractivity contribution in [3.8, 4) is 0 Å². The van der Waals surface area contributed by atoms with Crippen LogP contribution in [0.5, 0.6) is 0 Å². The minimum absolute atomic E-state index is 0.166. The molecule has 108 valence electrons. The smallest absolute Gasteiger partial charge is 0.343 e. The summed E-state index contributed by atoms with van der Waals surface area (Å²) in [5.41, 5.74) is 2.53. The molecule has 1 aromatic heterocycles. The summed E-state index contributed by atoms with van der Waals surface area (Å²) >= 11 is 0. The van der Waals surface area contributed by atoms with E-state index in [-0.39, 0.29) is 6.61 Å². The minimum atomic E-state index is -0.453. The molecule has 0 spiro atoms. The Kier molecular flexibility index (Phi) is 5.71. The van der Waals surface area contributed by atoms with Gasteiger partial charge in [-0.1, -0.05) is 6.58 Å². The number of hydrogen-bond donors (Lipinski definition) is 0. The number of rotatable bonds is 5. The van der Waals surface area contributed by atoms with E-state index < -0.39 is 5.97 Å². The van der Waals surface area contributed by atoms with Gasteiger partial charge in [0.25, 0.3) is 0 Å². The number of hydrogen-bond acceptors (Lipinski definition) is 6. The molecule has 0 saturated carbocycles. The number of nitrogens with zero attached hydrogens (tertiary/aromatic N) is 3. The number of ether oxygens (including phenoxy) is 2. The number of methoxy groups -OCH3 is 1. The monoisotopic (exact) mass is 277 g/mol. The molecule has 0 radical (unpaired) electrons. The van der Waals surface area contributed by atoms with Gasteiger partial charge in [-0.3, -0.25) is 9.99 Å². The van der Waals surface area contributed by atoms with Crippen molar-refractivity contribution in [2.45, 2.75) is 13.8 Å². The molecule has 0 atom stereocenters. The van der Waals surface area contributed by atoms with E-state index >= 15 is 0 Å². The number of hydrazone groups is 1. The zero-order chi connectivity index (χ0) is 15.1. The fourth-order valence-corrected chi connectivity index (χ4v) is 1.43. The average molecular weight is 277 g/mol. The molecule has 0 aliphatic rings. The molecule has 0 N–H and O–H groups in total. The number of pyridine rings is 1. The summed E-state index contributed by atoms with van der Waals surface area (Å²) in [5, 5.41) is 5.77. The Labute approximate surface area is 118 Å². The molecule has 1 heterocycles. The lowest BCUT2D eigenvalue weighted by atomic mass is 10.2. The summed E-state index contributed by atoms with van der Waals surface area (Å²) in [6, 6.07) is 3.77. The highest BCUT2D eigenvalue weighted by molar-refractivity contribution is 5.78. The molecule has 0 aromatic carbocycles. The average Bonchev–Trinajstić information content (AvgIpc) is 2.43. The number of esters is 1. The highest BCUT2D eigenvalue weighted by Gasteiger charge is 2.07. The van der Waals surface area contributed by atoms with Gasteiger partial charge in [0.15, 0.2) is 6.61 Å². The second-order valence-electron chi connectivity index (χ2n) is 4.14. The molecule has 0 aliphatic carbocycles. The Bertz CT molecular complexity index is 526. The van der Waals surface area contributed by atoms with Crippen molar-refractivity contribution in [1.29, 1.82) is 0 Å². The van der Waals surface area contributed by atoms with E-state index in [1.165, 1.54) is 7.11 Å². The van der Waals surface area contributed by atoms with Gasteiger partial charge in [-0.05, 0) is 19.1 Å². The largest absolute Gasteiger partial charge is 0.468 e. The highest BCUT2D eigenvalue weighted by atomic mass is 16.6. The summed E-state index contributed by atoms with van der Waals surface area (Å²) in [6.45, 7) is 7.37. The summed E-state index contributed by atoms with van der Waals surface area (Å²) in [5.74, 6) is -0.101. The summed E-state index contributed by atoms with van der Waals surface area (Å²) in [4.78, 5) is 15.1. The van der Waals surface area contributed by atoms with Crippen LogP contribution in [-0.4, -0.2) is 42.6 Å². The minimum Gasteiger partial charge on any atom is -0.468 e. The van der Waals surface area contributed by atoms with Gasteiger partial charge in [-0.15, -0.1) is 5.10 Å². The van der Waals surface area contributed by atoms with Gasteiger partial charge in [0.05, 0.1) is 12.8 Å². The van der Waals surface area contributed by atoms with Crippen molar-refractivity contribution in [3.63, 3.8) is 0 Å². The summed E-state index contributed by atoms with van der Waals surface area (Å²) in [7, 11) is 3.06. The maximum Gasteiger partial charge on any atom is 0.343 e. The van der Waals surface area contributed by atoms with Crippen LogP contribution in [0, 0.1) is 6.92 Å². The molecule has 0 fully saturated rings. The fraction of sp³-hybridized carbons (Fsp3) is 0.357. The van der Waals surface area contributed by atoms with Gasteiger partial charge in [-0.25, -0.2) is 4.79 Å². The van der Waals surface area contributed by atoms with Gasteiger partial charge >= 0.3 is 5.97 Å². The first kappa shape index (κ1) is 15.7. The molecule has 0 amide bonds. The van der Waals surface area contributed by atoms with Crippen molar-refractivity contribution < 1.29 is 14.3 Å². The van der Waals surface area contributed by atoms with Gasteiger partial charge in [0, 0.05) is 31.4 Å². The van der Waals surface area contributed by atoms with Crippen molar-refractivity contribution in [2.75, 3.05) is 20.8 Å². The van der Waals surface area contributed by atoms with E-state index in [1.807, 2.05) is 19.1 Å². The van der Waals surface area contributed by atoms with Crippen LogP contribution in [0.4, 0.5) is 0 Å². The predicted octanol–water partition coefficient (Wildman–Crippen LogP) is 1.82. The van der Waals surface area contributed by atoms with Crippen LogP contribution in [0.25, 0.3) is 5.70 Å². The number of aromatic nitrogens is 1. The molecule has 20 heavy (non-hydrogen) atoms. The first-order chi connectivity index (χ1) is 9.43. The molecule has 1 aromatic rings. The lowest BCUT2D eigenvalue weighted by Gasteiger charge is -2.17. The number of aryl methyl sites for hydroxylation is 1. The van der Waals surface area contributed by atoms with Crippen LogP contribution in [0.2, 0.25) is 0 Å². The van der Waals surface area contributed by atoms with Gasteiger partial charge in [0.2, 0.25) is 5.90 Å². The molecule has 0 bridgehead atoms. The topological polar surface area (TPSA) is 64.0 Å². The highest BCUT2D eigenvalue weighted by Crippen LogP contribution is 2.16. The summed E-state index contributed by atoms with van der Waals surface area (Å²) < 4.78 is 9.63. The lowest BCUT2D eigenvalue weighted by molar-refractivity contribution is -0.143. The molecule has 0 aliphatic heterocycles. The van der Waals surface area contributed by atoms with E-state index in [2.05, 4.69) is 21.4 Å². The zero-order valence-electron chi connectivity index (χ0n) is 12.2. The fourth-order valence-electron chi connectivity index (χ4n) is 1.43. The normalized spacial score (nSPS) is 10.9. The molecule has 0 saturated heterocycles. The Morgan fingerprint density at radius 2 is 2.25 bits per heavy atom. The lowest BCUT2D eigenvalue weighted by Crippen LogP contribution is -2.17. The van der Waals surface area contributed by atoms with Crippen LogP contribution in [0.15, 0.2) is 30.0 Å². The molecular formula is C14H19N3O3. The van der Waals surface area contributed by atoms with Crippen LogP contribution in [0.3, 0.4) is 0 Å². The van der Waals surface area contributed by atoms with E-state index in [0.29, 0.717) is 11.6 Å². The molecule has 6 heteroatoms. The quantitative estimate of drug-likeness (QED) is 0.355. The predicted molar refractivity (Wildman–Crippen MR) is 76.8 cm³/mol. The third kappa shape index (κ3) is 4.72. The molecular weight excluding hydrogens is 258 g/mol. The Morgan fingerprint density at radius 1 is 1.55 bits per heavy atom. The first-order valence-electron chi connectivity index (χ1n) is 6.04. The first-order valence-corrected chi connectivity index (χ1v) is 6.04. The van der Waals surface area contributed by atoms with Crippen LogP contribution in [0.1, 0.15) is 18.2 Å². The van der Waals surface area contributed by atoms with Crippen molar-refractivity contribution in [1.82, 2.24) is 9.99 Å². The van der Waals surface area contributed by atoms with Gasteiger partial charge < -0.3 is 9.47 Å². The molecule has 6 nitrogen and oxygen atoms in total. The van der Waals surface area contributed by atoms with E-state index in [9.17, 15) is 4.79 Å². The maximum atomic E-state index is 11.0. The third-order valence-corrected chi connectivity index (χ3v) is 2.54. The van der Waals surface area contributed by atoms with Crippen molar-refractivity contribution in [2.24, 2.45) is 5.10 Å². The Hall–Kier alpha value is -2.37. The standard InChI is InChI=1S/C14H19N3O3/c1-10-8-13(6-7-15-10)11(2)17(4)16-12(3)20-9-14(18)19-5/h6-8H,2,9H2,1,3-5H3/b16-12+. The number of carbonyl (C=O) groups is 1. The second-order valence-corrected chi connectivity index (χ2v) is 4.14. The van der Waals surface area contributed by atoms with Crippen molar-refractivity contribution >= 4 is 17.6 Å². The van der Waals surface area contributed by atoms with Crippen molar-refractivity contribution in [3.05, 3.63) is 36.2 Å². The van der Waals surface area contributed by atoms with Gasteiger partial charge in [0.1, 0.15) is 0 Å². The SMILES string of the molecule is C=C(c1ccnc(C)c1)N(C)/N=C(\C)OCC(=O)OC. The van der Waals surface area contributed by atoms with E-state index in [0.717, 1.165) is 11.3 Å². The van der Waals surface area contributed by atoms with Crippen LogP contribution >= 0.6 is 0 Å².